The molecule has 0 fully saturated rings. The maximum absolute atomic E-state index is 13.6. The molecule has 2 N–H and O–H groups in total. The van der Waals surface area contributed by atoms with E-state index in [0.29, 0.717) is 0 Å². The number of ether oxygens (including phenoxy) is 1. The summed E-state index contributed by atoms with van der Waals surface area (Å²) in [6, 6.07) is 0. The van der Waals surface area contributed by atoms with Gasteiger partial charge in [0, 0.05) is 0 Å². The van der Waals surface area contributed by atoms with Crippen LogP contribution in [-0.4, -0.2) is 57.9 Å². The molecule has 10 nitrogen and oxygen atoms in total. The van der Waals surface area contributed by atoms with Crippen LogP contribution in [0.4, 0.5) is 35.1 Å². The van der Waals surface area contributed by atoms with Crippen molar-refractivity contribution in [3.05, 3.63) is 0 Å². The Kier molecular flexibility index (Phi) is 5.88. The number of alkyl halides is 8. The second-order valence-corrected chi connectivity index (χ2v) is 9.37. The highest BCUT2D eigenvalue weighted by atomic mass is 33.2. The van der Waals surface area contributed by atoms with E-state index in [1.54, 1.807) is 4.74 Å². The molecule has 0 aliphatic rings. The van der Waals surface area contributed by atoms with E-state index in [-0.39, 0.29) is 0 Å². The van der Waals surface area contributed by atoms with Crippen LogP contribution in [0, 0.1) is 0 Å². The third kappa shape index (κ3) is 4.65. The Bertz CT molecular complexity index is 824. The van der Waals surface area contributed by atoms with Crippen LogP contribution in [0.2, 0.25) is 0 Å². The van der Waals surface area contributed by atoms with Gasteiger partial charge < -0.3 is 0 Å². The van der Waals surface area contributed by atoms with E-state index in [1.165, 1.54) is 0 Å². The first-order valence-electron chi connectivity index (χ1n) is 4.53. The Morgan fingerprint density at radius 1 is 0.680 bits per heavy atom. The molecule has 0 aromatic heterocycles. The average Bonchev–Trinajstić information content (AvgIpc) is 2.21. The fourth-order valence-corrected chi connectivity index (χ4v) is 2.76. The highest BCUT2D eigenvalue weighted by Gasteiger charge is 2.76. The summed E-state index contributed by atoms with van der Waals surface area (Å²) in [5.74, 6) is 0. The summed E-state index contributed by atoms with van der Waals surface area (Å²) in [7, 11) is -21.4. The second kappa shape index (κ2) is 6.09. The lowest BCUT2D eigenvalue weighted by Crippen LogP contribution is -2.59. The molecule has 1 unspecified atom stereocenters. The first-order chi connectivity index (χ1) is 10.4. The minimum Gasteiger partial charge on any atom is -0.281 e. The summed E-state index contributed by atoms with van der Waals surface area (Å²) in [4.78, 5) is 0. The molecule has 0 saturated carbocycles. The third-order valence-electron chi connectivity index (χ3n) is 1.73. The lowest BCUT2D eigenvalue weighted by Gasteiger charge is -2.31. The topological polar surface area (TPSA) is 161 Å². The number of rotatable bonds is 7. The summed E-state index contributed by atoms with van der Waals surface area (Å²) >= 11 is 0. The maximum atomic E-state index is 13.6. The van der Waals surface area contributed by atoms with Crippen LogP contribution in [-0.2, 0) is 37.3 Å². The highest BCUT2D eigenvalue weighted by Crippen LogP contribution is 2.47. The molecule has 0 saturated heterocycles. The molecule has 0 aliphatic heterocycles. The first-order valence-corrected chi connectivity index (χ1v) is 9.33. The van der Waals surface area contributed by atoms with E-state index >= 15 is 0 Å². The van der Waals surface area contributed by atoms with Gasteiger partial charge in [-0.3, -0.25) is 9.11 Å². The lowest BCUT2D eigenvalue weighted by molar-refractivity contribution is -0.479. The van der Waals surface area contributed by atoms with Gasteiger partial charge >= 0.3 is 52.0 Å². The van der Waals surface area contributed by atoms with E-state index in [9.17, 15) is 60.4 Å². The molecule has 0 aromatic rings. The van der Waals surface area contributed by atoms with Crippen molar-refractivity contribution in [2.24, 2.45) is 0 Å². The molecule has 0 spiro atoms. The van der Waals surface area contributed by atoms with Gasteiger partial charge in [0.05, 0.1) is 0 Å². The highest BCUT2D eigenvalue weighted by molar-refractivity contribution is 8.63. The van der Waals surface area contributed by atoms with Crippen LogP contribution < -0.4 is 0 Å². The van der Waals surface area contributed by atoms with Crippen molar-refractivity contribution in [1.29, 1.82) is 0 Å². The molecule has 0 aromatic carbocycles. The van der Waals surface area contributed by atoms with Gasteiger partial charge in [-0.2, -0.15) is 64.6 Å². The molecule has 21 heteroatoms. The van der Waals surface area contributed by atoms with Gasteiger partial charge in [0.25, 0.3) is 0 Å². The fraction of sp³-hybridized carbons (Fsp3) is 1.00. The Balaban J connectivity index is 6.42. The number of halogens is 8. The van der Waals surface area contributed by atoms with Gasteiger partial charge in [0.1, 0.15) is 0 Å². The van der Waals surface area contributed by atoms with Crippen molar-refractivity contribution in [2.45, 2.75) is 23.6 Å². The standard InChI is InChI=1S/C4H2F8O10S3/c5-1(6,7)2(8,9)21-3(10,11)4(12,23(13,14)15)22-25(19,20)24(16,17)18/h(H,13,14,15)(H,16,17,18). The van der Waals surface area contributed by atoms with Crippen LogP contribution >= 0.6 is 0 Å². The van der Waals surface area contributed by atoms with Crippen molar-refractivity contribution in [2.75, 3.05) is 0 Å². The van der Waals surface area contributed by atoms with E-state index in [0.717, 1.165) is 0 Å². The Morgan fingerprint density at radius 2 is 1.04 bits per heavy atom. The predicted octanol–water partition coefficient (Wildman–Crippen LogP) is 0.411. The van der Waals surface area contributed by atoms with E-state index in [4.69, 9.17) is 9.11 Å². The van der Waals surface area contributed by atoms with Gasteiger partial charge in [-0.25, -0.2) is 4.74 Å². The minimum absolute atomic E-state index is 1.57. The quantitative estimate of drug-likeness (QED) is 0.311. The average molecular weight is 458 g/mol. The van der Waals surface area contributed by atoms with Crippen molar-refractivity contribution in [3.63, 3.8) is 0 Å². The second-order valence-electron chi connectivity index (χ2n) is 3.56. The third-order valence-corrected chi connectivity index (χ3v) is 5.52. The number of hydrogen-bond donors (Lipinski definition) is 2. The van der Waals surface area contributed by atoms with Gasteiger partial charge in [0.15, 0.2) is 0 Å². The van der Waals surface area contributed by atoms with Crippen LogP contribution in [0.3, 0.4) is 0 Å². The zero-order valence-corrected chi connectivity index (χ0v) is 12.9. The largest absolute Gasteiger partial charge is 0.483 e. The normalized spacial score (nSPS) is 18.0. The molecule has 0 amide bonds. The summed E-state index contributed by atoms with van der Waals surface area (Å²) in [5, 5.41) is -6.89. The maximum Gasteiger partial charge on any atom is 0.483 e. The zero-order valence-electron chi connectivity index (χ0n) is 10.4. The fourth-order valence-electron chi connectivity index (χ4n) is 0.696. The van der Waals surface area contributed by atoms with Crippen molar-refractivity contribution in [3.8, 4) is 0 Å². The molecule has 1 atom stereocenters. The first kappa shape index (κ1) is 24.1. The van der Waals surface area contributed by atoms with Gasteiger partial charge in [0.2, 0.25) is 0 Å². The molecule has 25 heavy (non-hydrogen) atoms. The summed E-state index contributed by atoms with van der Waals surface area (Å²) in [6.07, 6.45) is -21.3. The van der Waals surface area contributed by atoms with Crippen molar-refractivity contribution >= 4 is 28.4 Å². The Morgan fingerprint density at radius 3 is 1.28 bits per heavy atom. The van der Waals surface area contributed by atoms with E-state index in [1.807, 2.05) is 0 Å². The lowest BCUT2D eigenvalue weighted by atomic mass is 10.5. The van der Waals surface area contributed by atoms with Crippen molar-refractivity contribution < 1.29 is 78.4 Å². The molecular weight excluding hydrogens is 456 g/mol. The van der Waals surface area contributed by atoms with Crippen LogP contribution in [0.1, 0.15) is 0 Å². The number of hydrogen-bond acceptors (Lipinski definition) is 8. The minimum atomic E-state index is -7.45. The smallest absolute Gasteiger partial charge is 0.281 e. The van der Waals surface area contributed by atoms with Crippen LogP contribution in [0.25, 0.3) is 0 Å². The predicted molar refractivity (Wildman–Crippen MR) is 54.0 cm³/mol. The summed E-state index contributed by atoms with van der Waals surface area (Å²) in [6.45, 7) is 0. The van der Waals surface area contributed by atoms with Crippen molar-refractivity contribution in [1.82, 2.24) is 0 Å². The van der Waals surface area contributed by atoms with Crippen LogP contribution in [0.15, 0.2) is 0 Å². The van der Waals surface area contributed by atoms with Gasteiger partial charge in [-0.05, 0) is 0 Å². The SMILES string of the molecule is O=S(=O)(O)C(F)(OS(=O)(=O)S(=O)(=O)O)C(F)(F)OC(F)(F)C(F)(F)F. The monoisotopic (exact) mass is 458 g/mol. The molecule has 0 radical (unpaired) electrons. The van der Waals surface area contributed by atoms with E-state index < -0.39 is 52.0 Å². The molecular formula is C4H2F8O10S3. The summed E-state index contributed by atoms with van der Waals surface area (Å²) in [5.41, 5.74) is 0. The Hall–Kier alpha value is -0.870. The molecule has 0 rings (SSSR count). The van der Waals surface area contributed by atoms with Gasteiger partial charge in [-0.1, -0.05) is 0 Å². The molecule has 0 aliphatic carbocycles. The molecule has 0 bridgehead atoms. The molecule has 152 valence electrons. The van der Waals surface area contributed by atoms with Crippen LogP contribution in [0.5, 0.6) is 0 Å². The van der Waals surface area contributed by atoms with E-state index in [2.05, 4.69) is 4.18 Å². The summed E-state index contributed by atoms with van der Waals surface area (Å²) < 4.78 is 182. The van der Waals surface area contributed by atoms with Gasteiger partial charge in [-0.15, -0.1) is 0 Å². The molecule has 0 heterocycles. The Labute approximate surface area is 131 Å². The zero-order chi connectivity index (χ0) is 20.9.